The van der Waals surface area contributed by atoms with Gasteiger partial charge in [-0.2, -0.15) is 0 Å². The van der Waals surface area contributed by atoms with E-state index in [9.17, 15) is 9.59 Å². The van der Waals surface area contributed by atoms with Crippen molar-refractivity contribution in [2.24, 2.45) is 0 Å². The summed E-state index contributed by atoms with van der Waals surface area (Å²) in [7, 11) is 0. The first kappa shape index (κ1) is 18.5. The maximum atomic E-state index is 13.1. The Labute approximate surface area is 172 Å². The number of anilines is 1. The lowest BCUT2D eigenvalue weighted by Gasteiger charge is -2.38. The van der Waals surface area contributed by atoms with Crippen LogP contribution in [0.15, 0.2) is 53.7 Å². The van der Waals surface area contributed by atoms with Crippen molar-refractivity contribution in [3.63, 3.8) is 0 Å². The molecule has 1 aliphatic heterocycles. The van der Waals surface area contributed by atoms with Crippen molar-refractivity contribution in [1.82, 2.24) is 0 Å². The number of ketones is 1. The quantitative estimate of drug-likeness (QED) is 0.582. The van der Waals surface area contributed by atoms with Crippen LogP contribution in [0.5, 0.6) is 0 Å². The number of halogens is 3. The number of hydrogen-bond donors (Lipinski definition) is 0. The molecule has 27 heavy (non-hydrogen) atoms. The number of amides is 1. The Kier molecular flexibility index (Phi) is 5.02. The summed E-state index contributed by atoms with van der Waals surface area (Å²) in [5, 5.41) is 1.49. The van der Waals surface area contributed by atoms with E-state index in [1.807, 2.05) is 18.2 Å². The number of benzene rings is 2. The van der Waals surface area contributed by atoms with E-state index < -0.39 is 0 Å². The van der Waals surface area contributed by atoms with E-state index in [0.29, 0.717) is 39.2 Å². The van der Waals surface area contributed by atoms with Gasteiger partial charge in [0.15, 0.2) is 5.78 Å². The maximum Gasteiger partial charge on any atom is 0.232 e. The van der Waals surface area contributed by atoms with Crippen LogP contribution in [0.3, 0.4) is 0 Å². The minimum absolute atomic E-state index is 0.0771. The number of allylic oxidation sites excluding steroid dienone is 2. The molecule has 1 aliphatic carbocycles. The van der Waals surface area contributed by atoms with Gasteiger partial charge in [-0.15, -0.1) is 0 Å². The summed E-state index contributed by atoms with van der Waals surface area (Å²) in [4.78, 5) is 27.6. The van der Waals surface area contributed by atoms with E-state index in [-0.39, 0.29) is 24.0 Å². The number of carbonyl (C=O) groups excluding carboxylic acids is 2. The molecule has 0 spiro atoms. The molecule has 2 aromatic rings. The highest BCUT2D eigenvalue weighted by Crippen LogP contribution is 2.44. The lowest BCUT2D eigenvalue weighted by molar-refractivity contribution is -0.119. The van der Waals surface area contributed by atoms with Crippen LogP contribution < -0.4 is 4.90 Å². The number of rotatable bonds is 2. The number of Topliss-reactive ketones (excluding diaryl/α,β-unsaturated/α-hetero) is 1. The fourth-order valence-corrected chi connectivity index (χ4v) is 4.68. The summed E-state index contributed by atoms with van der Waals surface area (Å²) in [6, 6.07) is 12.4. The van der Waals surface area contributed by atoms with Gasteiger partial charge in [0, 0.05) is 45.1 Å². The number of hydrogen-bond acceptors (Lipinski definition) is 2. The third-order valence-corrected chi connectivity index (χ3v) is 5.70. The first-order valence-corrected chi connectivity index (χ1v) is 9.88. The van der Waals surface area contributed by atoms with Crippen LogP contribution in [0.4, 0.5) is 5.69 Å². The van der Waals surface area contributed by atoms with E-state index in [2.05, 4.69) is 0 Å². The third kappa shape index (κ3) is 3.52. The minimum atomic E-state index is -0.273. The highest BCUT2D eigenvalue weighted by atomic mass is 35.5. The van der Waals surface area contributed by atoms with Gasteiger partial charge >= 0.3 is 0 Å². The highest BCUT2D eigenvalue weighted by Gasteiger charge is 2.39. The van der Waals surface area contributed by atoms with E-state index in [1.165, 1.54) is 0 Å². The molecule has 2 aliphatic rings. The Morgan fingerprint density at radius 3 is 2.33 bits per heavy atom. The Hall–Kier alpha value is -1.81. The fourth-order valence-electron chi connectivity index (χ4n) is 3.97. The Bertz CT molecular complexity index is 963. The van der Waals surface area contributed by atoms with E-state index >= 15 is 0 Å². The third-order valence-electron chi connectivity index (χ3n) is 5.03. The predicted octanol–water partition coefficient (Wildman–Crippen LogP) is 6.17. The zero-order valence-electron chi connectivity index (χ0n) is 14.3. The molecule has 138 valence electrons. The highest BCUT2D eigenvalue weighted by molar-refractivity contribution is 6.35. The van der Waals surface area contributed by atoms with E-state index in [0.717, 1.165) is 17.7 Å². The SMILES string of the molecule is O=C1CCCC2=C1C(c1cccc(Cl)c1)CC(=O)N2c1cc(Cl)cc(Cl)c1. The summed E-state index contributed by atoms with van der Waals surface area (Å²) in [5.74, 6) is -0.261. The van der Waals surface area contributed by atoms with Gasteiger partial charge in [-0.25, -0.2) is 0 Å². The van der Waals surface area contributed by atoms with Crippen LogP contribution in [-0.4, -0.2) is 11.7 Å². The molecule has 3 nitrogen and oxygen atoms in total. The molecular weight excluding hydrogens is 405 g/mol. The molecule has 0 bridgehead atoms. The summed E-state index contributed by atoms with van der Waals surface area (Å²) in [5.41, 5.74) is 2.96. The van der Waals surface area contributed by atoms with Gasteiger partial charge < -0.3 is 0 Å². The zero-order valence-corrected chi connectivity index (χ0v) is 16.6. The molecule has 6 heteroatoms. The van der Waals surface area contributed by atoms with Crippen molar-refractivity contribution in [2.75, 3.05) is 4.90 Å². The number of nitrogens with zero attached hydrogens (tertiary/aromatic N) is 1. The zero-order chi connectivity index (χ0) is 19.1. The van der Waals surface area contributed by atoms with Gasteiger partial charge in [-0.05, 0) is 48.7 Å². The molecule has 0 N–H and O–H groups in total. The van der Waals surface area contributed by atoms with Gasteiger partial charge in [0.25, 0.3) is 0 Å². The van der Waals surface area contributed by atoms with E-state index in [4.69, 9.17) is 34.8 Å². The topological polar surface area (TPSA) is 37.4 Å². The molecule has 1 heterocycles. The summed E-state index contributed by atoms with van der Waals surface area (Å²) in [6.07, 6.45) is 2.08. The molecule has 1 unspecified atom stereocenters. The number of carbonyl (C=O) groups is 2. The van der Waals surface area contributed by atoms with Crippen LogP contribution >= 0.6 is 34.8 Å². The smallest absolute Gasteiger partial charge is 0.232 e. The van der Waals surface area contributed by atoms with Gasteiger partial charge in [-0.3, -0.25) is 14.5 Å². The Morgan fingerprint density at radius 1 is 0.889 bits per heavy atom. The van der Waals surface area contributed by atoms with Gasteiger partial charge in [0.2, 0.25) is 5.91 Å². The van der Waals surface area contributed by atoms with Crippen molar-refractivity contribution in [2.45, 2.75) is 31.6 Å². The van der Waals surface area contributed by atoms with Gasteiger partial charge in [-0.1, -0.05) is 46.9 Å². The van der Waals surface area contributed by atoms with Crippen molar-refractivity contribution < 1.29 is 9.59 Å². The second kappa shape index (κ2) is 7.31. The molecule has 0 saturated carbocycles. The Balaban J connectivity index is 1.88. The van der Waals surface area contributed by atoms with Crippen LogP contribution in [0.1, 0.15) is 37.2 Å². The summed E-state index contributed by atoms with van der Waals surface area (Å²) >= 11 is 18.4. The molecular formula is C21H16Cl3NO2. The summed E-state index contributed by atoms with van der Waals surface area (Å²) in [6.45, 7) is 0. The van der Waals surface area contributed by atoms with Crippen LogP contribution in [0.2, 0.25) is 15.1 Å². The molecule has 0 aromatic heterocycles. The molecule has 0 fully saturated rings. The second-order valence-corrected chi connectivity index (χ2v) is 8.11. The minimum Gasteiger partial charge on any atom is -0.294 e. The average molecular weight is 421 g/mol. The normalized spacial score (nSPS) is 20.1. The van der Waals surface area contributed by atoms with Crippen LogP contribution in [-0.2, 0) is 9.59 Å². The molecule has 2 aromatic carbocycles. The largest absolute Gasteiger partial charge is 0.294 e. The van der Waals surface area contributed by atoms with Gasteiger partial charge in [0.05, 0.1) is 5.69 Å². The molecule has 1 amide bonds. The fraction of sp³-hybridized carbons (Fsp3) is 0.238. The molecule has 1 atom stereocenters. The van der Waals surface area contributed by atoms with Crippen molar-refractivity contribution in [3.05, 3.63) is 74.4 Å². The maximum absolute atomic E-state index is 13.1. The standard InChI is InChI=1S/C21H16Cl3NO2/c22-13-4-1-3-12(7-13)17-11-20(27)25(16-9-14(23)8-15(24)10-16)18-5-2-6-19(26)21(17)18/h1,3-4,7-10,17H,2,5-6,11H2. The molecule has 0 saturated heterocycles. The van der Waals surface area contributed by atoms with Crippen LogP contribution in [0, 0.1) is 0 Å². The first-order valence-electron chi connectivity index (χ1n) is 8.75. The average Bonchev–Trinajstić information content (AvgIpc) is 2.60. The van der Waals surface area contributed by atoms with Crippen molar-refractivity contribution >= 4 is 52.2 Å². The van der Waals surface area contributed by atoms with Crippen molar-refractivity contribution in [1.29, 1.82) is 0 Å². The molecule has 0 radical (unpaired) electrons. The first-order chi connectivity index (χ1) is 12.9. The monoisotopic (exact) mass is 419 g/mol. The Morgan fingerprint density at radius 2 is 1.63 bits per heavy atom. The van der Waals surface area contributed by atoms with Crippen molar-refractivity contribution in [3.8, 4) is 0 Å². The lowest BCUT2D eigenvalue weighted by Crippen LogP contribution is -2.40. The summed E-state index contributed by atoms with van der Waals surface area (Å²) < 4.78 is 0. The van der Waals surface area contributed by atoms with Crippen LogP contribution in [0.25, 0.3) is 0 Å². The van der Waals surface area contributed by atoms with E-state index in [1.54, 1.807) is 29.2 Å². The second-order valence-electron chi connectivity index (χ2n) is 6.81. The lowest BCUT2D eigenvalue weighted by atomic mass is 9.77. The van der Waals surface area contributed by atoms with Gasteiger partial charge in [0.1, 0.15) is 0 Å². The predicted molar refractivity (Wildman–Crippen MR) is 109 cm³/mol. The molecule has 4 rings (SSSR count).